The molecule has 1 aromatic heterocycles. The highest BCUT2D eigenvalue weighted by Gasteiger charge is 2.17. The first-order chi connectivity index (χ1) is 12.7. The summed E-state index contributed by atoms with van der Waals surface area (Å²) in [6.45, 7) is 2.61. The summed E-state index contributed by atoms with van der Waals surface area (Å²) in [5.74, 6) is 1.32. The molecule has 0 radical (unpaired) electrons. The van der Waals surface area contributed by atoms with Gasteiger partial charge in [-0.3, -0.25) is 9.59 Å². The third-order valence-corrected chi connectivity index (χ3v) is 5.37. The van der Waals surface area contributed by atoms with E-state index < -0.39 is 0 Å². The highest BCUT2D eigenvalue weighted by atomic mass is 16.2. The SMILES string of the molecule is O=C(CNC(=O)CC1CCCCC1)NCc1ccnc(N2CCCC2)c1. The summed E-state index contributed by atoms with van der Waals surface area (Å²) < 4.78 is 0. The van der Waals surface area contributed by atoms with Crippen LogP contribution in [0.4, 0.5) is 5.82 Å². The van der Waals surface area contributed by atoms with Crippen molar-refractivity contribution < 1.29 is 9.59 Å². The molecule has 0 unspecified atom stereocenters. The summed E-state index contributed by atoms with van der Waals surface area (Å²) in [7, 11) is 0. The summed E-state index contributed by atoms with van der Waals surface area (Å²) in [5, 5.41) is 5.63. The highest BCUT2D eigenvalue weighted by molar-refractivity contribution is 5.84. The van der Waals surface area contributed by atoms with Crippen LogP contribution in [-0.2, 0) is 16.1 Å². The molecule has 26 heavy (non-hydrogen) atoms. The Morgan fingerprint density at radius 1 is 1.04 bits per heavy atom. The Bertz CT molecular complexity index is 608. The fraction of sp³-hybridized carbons (Fsp3) is 0.650. The zero-order valence-electron chi connectivity index (χ0n) is 15.5. The van der Waals surface area contributed by atoms with Gasteiger partial charge in [-0.25, -0.2) is 4.98 Å². The van der Waals surface area contributed by atoms with Crippen LogP contribution in [-0.4, -0.2) is 36.4 Å². The Morgan fingerprint density at radius 2 is 1.81 bits per heavy atom. The Labute approximate surface area is 155 Å². The molecule has 0 atom stereocenters. The van der Waals surface area contributed by atoms with Gasteiger partial charge in [-0.2, -0.15) is 0 Å². The lowest BCUT2D eigenvalue weighted by Crippen LogP contribution is -2.37. The first-order valence-corrected chi connectivity index (χ1v) is 9.94. The van der Waals surface area contributed by atoms with E-state index in [0.717, 1.165) is 37.3 Å². The molecule has 2 heterocycles. The zero-order chi connectivity index (χ0) is 18.2. The lowest BCUT2D eigenvalue weighted by Gasteiger charge is -2.20. The van der Waals surface area contributed by atoms with E-state index in [-0.39, 0.29) is 18.4 Å². The maximum absolute atomic E-state index is 12.0. The molecular weight excluding hydrogens is 328 g/mol. The highest BCUT2D eigenvalue weighted by Crippen LogP contribution is 2.26. The number of nitrogens with one attached hydrogen (secondary N) is 2. The quantitative estimate of drug-likeness (QED) is 0.785. The standard InChI is InChI=1S/C20H30N4O2/c25-19(13-16-6-2-1-3-7-16)23-15-20(26)22-14-17-8-9-21-18(12-17)24-10-4-5-11-24/h8-9,12,16H,1-7,10-11,13-15H2,(H,22,26)(H,23,25). The lowest BCUT2D eigenvalue weighted by atomic mass is 9.87. The van der Waals surface area contributed by atoms with Crippen molar-refractivity contribution in [3.05, 3.63) is 23.9 Å². The number of hydrogen-bond acceptors (Lipinski definition) is 4. The average Bonchev–Trinajstić information content (AvgIpc) is 3.21. The molecule has 2 amide bonds. The molecule has 6 nitrogen and oxygen atoms in total. The van der Waals surface area contributed by atoms with Gasteiger partial charge in [0, 0.05) is 32.3 Å². The summed E-state index contributed by atoms with van der Waals surface area (Å²) in [4.78, 5) is 30.7. The molecule has 0 aromatic carbocycles. The molecule has 2 aliphatic rings. The molecule has 0 spiro atoms. The summed E-state index contributed by atoms with van der Waals surface area (Å²) in [6, 6.07) is 3.95. The van der Waals surface area contributed by atoms with E-state index in [1.807, 2.05) is 12.1 Å². The number of rotatable bonds is 7. The summed E-state index contributed by atoms with van der Waals surface area (Å²) >= 11 is 0. The Balaban J connectivity index is 1.37. The van der Waals surface area contributed by atoms with Gasteiger partial charge in [0.05, 0.1) is 6.54 Å². The second kappa shape index (κ2) is 9.55. The largest absolute Gasteiger partial charge is 0.357 e. The zero-order valence-corrected chi connectivity index (χ0v) is 15.5. The van der Waals surface area contributed by atoms with Gasteiger partial charge in [0.2, 0.25) is 11.8 Å². The van der Waals surface area contributed by atoms with Gasteiger partial charge in [0.25, 0.3) is 0 Å². The van der Waals surface area contributed by atoms with E-state index >= 15 is 0 Å². The van der Waals surface area contributed by atoms with Crippen molar-refractivity contribution in [1.29, 1.82) is 0 Å². The fourth-order valence-electron chi connectivity index (χ4n) is 3.86. The van der Waals surface area contributed by atoms with Crippen LogP contribution in [0.2, 0.25) is 0 Å². The summed E-state index contributed by atoms with van der Waals surface area (Å²) in [5.41, 5.74) is 1.03. The van der Waals surface area contributed by atoms with Crippen LogP contribution in [0.15, 0.2) is 18.3 Å². The van der Waals surface area contributed by atoms with Gasteiger partial charge in [-0.05, 0) is 49.3 Å². The van der Waals surface area contributed by atoms with Crippen molar-refractivity contribution in [2.45, 2.75) is 57.9 Å². The molecule has 1 saturated carbocycles. The number of pyridine rings is 1. The molecule has 1 aromatic rings. The number of amides is 2. The Kier molecular flexibility index (Phi) is 6.86. The topological polar surface area (TPSA) is 74.3 Å². The van der Waals surface area contributed by atoms with Gasteiger partial charge in [0.15, 0.2) is 0 Å². The minimum Gasteiger partial charge on any atom is -0.357 e. The number of carbonyl (C=O) groups excluding carboxylic acids is 2. The van der Waals surface area contributed by atoms with Crippen LogP contribution < -0.4 is 15.5 Å². The molecular formula is C20H30N4O2. The van der Waals surface area contributed by atoms with E-state index in [4.69, 9.17) is 0 Å². The minimum absolute atomic E-state index is 0.00715. The monoisotopic (exact) mass is 358 g/mol. The molecule has 2 fully saturated rings. The van der Waals surface area contributed by atoms with Crippen molar-refractivity contribution in [1.82, 2.24) is 15.6 Å². The normalized spacial score (nSPS) is 17.9. The van der Waals surface area contributed by atoms with Crippen LogP contribution in [0, 0.1) is 5.92 Å². The molecule has 142 valence electrons. The van der Waals surface area contributed by atoms with E-state index in [0.29, 0.717) is 18.9 Å². The second-order valence-electron chi connectivity index (χ2n) is 7.48. The minimum atomic E-state index is -0.151. The van der Waals surface area contributed by atoms with Crippen LogP contribution >= 0.6 is 0 Å². The predicted molar refractivity (Wildman–Crippen MR) is 102 cm³/mol. The second-order valence-corrected chi connectivity index (χ2v) is 7.48. The van der Waals surface area contributed by atoms with Gasteiger partial charge < -0.3 is 15.5 Å². The third-order valence-electron chi connectivity index (χ3n) is 5.37. The number of hydrogen-bond donors (Lipinski definition) is 2. The van der Waals surface area contributed by atoms with Crippen molar-refractivity contribution >= 4 is 17.6 Å². The van der Waals surface area contributed by atoms with Crippen molar-refractivity contribution in [2.75, 3.05) is 24.5 Å². The van der Waals surface area contributed by atoms with Crippen molar-refractivity contribution in [3.8, 4) is 0 Å². The maximum Gasteiger partial charge on any atom is 0.239 e. The fourth-order valence-corrected chi connectivity index (χ4v) is 3.86. The number of anilines is 1. The molecule has 6 heteroatoms. The van der Waals surface area contributed by atoms with Gasteiger partial charge in [0.1, 0.15) is 5.82 Å². The van der Waals surface area contributed by atoms with E-state index in [9.17, 15) is 9.59 Å². The van der Waals surface area contributed by atoms with Gasteiger partial charge >= 0.3 is 0 Å². The van der Waals surface area contributed by atoms with Crippen molar-refractivity contribution in [3.63, 3.8) is 0 Å². The smallest absolute Gasteiger partial charge is 0.239 e. The van der Waals surface area contributed by atoms with Crippen LogP contribution in [0.1, 0.15) is 56.9 Å². The Morgan fingerprint density at radius 3 is 2.58 bits per heavy atom. The van der Waals surface area contributed by atoms with Gasteiger partial charge in [-0.1, -0.05) is 19.3 Å². The van der Waals surface area contributed by atoms with Crippen LogP contribution in [0.25, 0.3) is 0 Å². The molecule has 2 N–H and O–H groups in total. The number of carbonyl (C=O) groups is 2. The van der Waals surface area contributed by atoms with E-state index in [2.05, 4.69) is 20.5 Å². The number of aromatic nitrogens is 1. The molecule has 1 saturated heterocycles. The first-order valence-electron chi connectivity index (χ1n) is 9.94. The molecule has 0 bridgehead atoms. The first kappa shape index (κ1) is 18.7. The number of nitrogens with zero attached hydrogens (tertiary/aromatic N) is 2. The lowest BCUT2D eigenvalue weighted by molar-refractivity contribution is -0.126. The van der Waals surface area contributed by atoms with E-state index in [1.54, 1.807) is 6.20 Å². The van der Waals surface area contributed by atoms with Crippen molar-refractivity contribution in [2.24, 2.45) is 5.92 Å². The van der Waals surface area contributed by atoms with Crippen LogP contribution in [0.5, 0.6) is 0 Å². The molecule has 3 rings (SSSR count). The van der Waals surface area contributed by atoms with Gasteiger partial charge in [-0.15, -0.1) is 0 Å². The maximum atomic E-state index is 12.0. The van der Waals surface area contributed by atoms with E-state index in [1.165, 1.54) is 32.1 Å². The Hall–Kier alpha value is -2.11. The molecule has 1 aliphatic carbocycles. The summed E-state index contributed by atoms with van der Waals surface area (Å²) in [6.07, 6.45) is 10.8. The molecule has 1 aliphatic heterocycles. The average molecular weight is 358 g/mol. The van der Waals surface area contributed by atoms with Crippen LogP contribution in [0.3, 0.4) is 0 Å². The predicted octanol–water partition coefficient (Wildman–Crippen LogP) is 2.38. The third kappa shape index (κ3) is 5.71.